The SMILES string of the molecule is CCCCC(CC)C(=O)P(=O)(OC1CCCCC1)OC1CCCCC1. The number of unbranched alkanes of at least 4 members (excludes halogenated alkanes) is 1. The van der Waals surface area contributed by atoms with E-state index < -0.39 is 7.60 Å². The van der Waals surface area contributed by atoms with E-state index in [1.165, 1.54) is 12.8 Å². The fourth-order valence-electron chi connectivity index (χ4n) is 4.04. The molecule has 0 radical (unpaired) electrons. The van der Waals surface area contributed by atoms with Crippen LogP contribution in [0.5, 0.6) is 0 Å². The molecule has 4 nitrogen and oxygen atoms in total. The molecule has 0 amide bonds. The molecule has 146 valence electrons. The first-order chi connectivity index (χ1) is 12.1. The first-order valence-corrected chi connectivity index (χ1v) is 12.1. The summed E-state index contributed by atoms with van der Waals surface area (Å²) in [5.74, 6) is -0.196. The lowest BCUT2D eigenvalue weighted by molar-refractivity contribution is -0.118. The largest absolute Gasteiger partial charge is 0.397 e. The number of rotatable bonds is 10. The molecule has 1 atom stereocenters. The average molecular weight is 372 g/mol. The summed E-state index contributed by atoms with van der Waals surface area (Å²) in [5, 5.41) is 0. The molecular formula is C20H37O4P. The highest BCUT2D eigenvalue weighted by Gasteiger charge is 2.43. The topological polar surface area (TPSA) is 52.6 Å². The van der Waals surface area contributed by atoms with Gasteiger partial charge in [0.2, 0.25) is 5.52 Å². The molecule has 0 bridgehead atoms. The van der Waals surface area contributed by atoms with Crippen molar-refractivity contribution in [3.8, 4) is 0 Å². The van der Waals surface area contributed by atoms with Gasteiger partial charge in [0.1, 0.15) is 0 Å². The maximum Gasteiger partial charge on any atom is 0.397 e. The molecule has 25 heavy (non-hydrogen) atoms. The second kappa shape index (κ2) is 10.8. The van der Waals surface area contributed by atoms with Crippen LogP contribution < -0.4 is 0 Å². The van der Waals surface area contributed by atoms with Gasteiger partial charge in [-0.05, 0) is 38.5 Å². The molecule has 2 rings (SSSR count). The van der Waals surface area contributed by atoms with Gasteiger partial charge in [-0.2, -0.15) is 0 Å². The van der Waals surface area contributed by atoms with Gasteiger partial charge in [0.15, 0.2) is 0 Å². The summed E-state index contributed by atoms with van der Waals surface area (Å²) < 4.78 is 25.6. The quantitative estimate of drug-likeness (QED) is 0.404. The molecular weight excluding hydrogens is 335 g/mol. The minimum atomic E-state index is -3.70. The molecule has 2 saturated carbocycles. The van der Waals surface area contributed by atoms with Crippen LogP contribution in [0.4, 0.5) is 0 Å². The lowest BCUT2D eigenvalue weighted by atomic mass is 9.98. The molecule has 0 N–H and O–H groups in total. The highest BCUT2D eigenvalue weighted by Crippen LogP contribution is 2.56. The maximum absolute atomic E-state index is 13.6. The molecule has 0 aromatic carbocycles. The second-order valence-corrected chi connectivity index (χ2v) is 9.67. The van der Waals surface area contributed by atoms with Crippen molar-refractivity contribution in [2.75, 3.05) is 0 Å². The van der Waals surface area contributed by atoms with Crippen molar-refractivity contribution < 1.29 is 18.4 Å². The van der Waals surface area contributed by atoms with Crippen LogP contribution in [-0.4, -0.2) is 17.7 Å². The number of carbonyl (C=O) groups is 1. The van der Waals surface area contributed by atoms with Gasteiger partial charge in [-0.25, -0.2) is 0 Å². The molecule has 0 heterocycles. The summed E-state index contributed by atoms with van der Waals surface area (Å²) in [6, 6.07) is 0. The van der Waals surface area contributed by atoms with E-state index in [-0.39, 0.29) is 23.7 Å². The van der Waals surface area contributed by atoms with E-state index in [2.05, 4.69) is 6.92 Å². The smallest absolute Gasteiger partial charge is 0.300 e. The number of hydrogen-bond donors (Lipinski definition) is 0. The highest BCUT2D eigenvalue weighted by molar-refractivity contribution is 7.71. The third-order valence-electron chi connectivity index (χ3n) is 5.70. The monoisotopic (exact) mass is 372 g/mol. The Morgan fingerprint density at radius 2 is 1.40 bits per heavy atom. The van der Waals surface area contributed by atoms with E-state index >= 15 is 0 Å². The lowest BCUT2D eigenvalue weighted by Gasteiger charge is -2.31. The summed E-state index contributed by atoms with van der Waals surface area (Å²) >= 11 is 0. The zero-order valence-corrected chi connectivity index (χ0v) is 17.1. The molecule has 0 aliphatic heterocycles. The minimum absolute atomic E-state index is 0.0733. The zero-order valence-electron chi connectivity index (χ0n) is 16.2. The molecule has 0 spiro atoms. The second-order valence-electron chi connectivity index (χ2n) is 7.81. The van der Waals surface area contributed by atoms with Crippen LogP contribution in [0.3, 0.4) is 0 Å². The van der Waals surface area contributed by atoms with Crippen LogP contribution in [0.1, 0.15) is 104 Å². The first-order valence-electron chi connectivity index (χ1n) is 10.6. The molecule has 2 aliphatic rings. The van der Waals surface area contributed by atoms with Crippen molar-refractivity contribution in [1.29, 1.82) is 0 Å². The molecule has 5 heteroatoms. The number of carbonyl (C=O) groups excluding carboxylic acids is 1. The third-order valence-corrected chi connectivity index (χ3v) is 7.75. The van der Waals surface area contributed by atoms with Crippen LogP contribution in [-0.2, 0) is 18.4 Å². The summed E-state index contributed by atoms with van der Waals surface area (Å²) in [5.41, 5.74) is -0.250. The molecule has 1 unspecified atom stereocenters. The standard InChI is InChI=1S/C20H37O4P/c1-3-5-12-17(4-2)20(21)25(22,23-18-13-8-6-9-14-18)24-19-15-10-7-11-16-19/h17-19H,3-16H2,1-2H3. The fraction of sp³-hybridized carbons (Fsp3) is 0.950. The summed E-state index contributed by atoms with van der Waals surface area (Å²) in [7, 11) is -3.70. The van der Waals surface area contributed by atoms with Gasteiger partial charge in [-0.15, -0.1) is 0 Å². The van der Waals surface area contributed by atoms with Gasteiger partial charge in [-0.1, -0.05) is 65.2 Å². The average Bonchev–Trinajstić information content (AvgIpc) is 2.63. The van der Waals surface area contributed by atoms with Gasteiger partial charge >= 0.3 is 7.60 Å². The zero-order chi connectivity index (χ0) is 18.1. The van der Waals surface area contributed by atoms with Crippen molar-refractivity contribution in [2.24, 2.45) is 5.92 Å². The Hall–Kier alpha value is -0.180. The van der Waals surface area contributed by atoms with Crippen LogP contribution >= 0.6 is 7.60 Å². The van der Waals surface area contributed by atoms with Crippen LogP contribution in [0, 0.1) is 5.92 Å². The van der Waals surface area contributed by atoms with Crippen molar-refractivity contribution in [1.82, 2.24) is 0 Å². The van der Waals surface area contributed by atoms with Gasteiger partial charge in [-0.3, -0.25) is 18.4 Å². The van der Waals surface area contributed by atoms with E-state index in [4.69, 9.17) is 9.05 Å². The Labute approximate surface area is 154 Å². The minimum Gasteiger partial charge on any atom is -0.300 e. The Morgan fingerprint density at radius 3 is 1.80 bits per heavy atom. The number of hydrogen-bond acceptors (Lipinski definition) is 4. The molecule has 0 aromatic heterocycles. The van der Waals surface area contributed by atoms with Gasteiger partial charge in [0.25, 0.3) is 0 Å². The van der Waals surface area contributed by atoms with Crippen molar-refractivity contribution in [3.63, 3.8) is 0 Å². The van der Waals surface area contributed by atoms with Crippen LogP contribution in [0.15, 0.2) is 0 Å². The maximum atomic E-state index is 13.6. The van der Waals surface area contributed by atoms with E-state index in [0.29, 0.717) is 6.42 Å². The van der Waals surface area contributed by atoms with E-state index in [1.807, 2.05) is 6.92 Å². The van der Waals surface area contributed by atoms with E-state index in [0.717, 1.165) is 70.6 Å². The molecule has 2 aliphatic carbocycles. The summed E-state index contributed by atoms with van der Waals surface area (Å²) in [6.07, 6.45) is 13.8. The van der Waals surface area contributed by atoms with Crippen LogP contribution in [0.25, 0.3) is 0 Å². The first kappa shape index (κ1) is 21.1. The normalized spacial score (nSPS) is 22.0. The van der Waals surface area contributed by atoms with Crippen LogP contribution in [0.2, 0.25) is 0 Å². The molecule has 0 saturated heterocycles. The third kappa shape index (κ3) is 6.48. The predicted octanol–water partition coefficient (Wildman–Crippen LogP) is 6.62. The van der Waals surface area contributed by atoms with Crippen molar-refractivity contribution in [2.45, 2.75) is 116 Å². The Kier molecular flexibility index (Phi) is 9.16. The van der Waals surface area contributed by atoms with Crippen molar-refractivity contribution >= 4 is 13.1 Å². The Bertz CT molecular complexity index is 415. The summed E-state index contributed by atoms with van der Waals surface area (Å²) in [4.78, 5) is 13.1. The molecule has 0 aromatic rings. The van der Waals surface area contributed by atoms with E-state index in [1.54, 1.807) is 0 Å². The van der Waals surface area contributed by atoms with Gasteiger partial charge in [0.05, 0.1) is 12.2 Å². The lowest BCUT2D eigenvalue weighted by Crippen LogP contribution is -2.26. The Balaban J connectivity index is 2.10. The highest BCUT2D eigenvalue weighted by atomic mass is 31.2. The summed E-state index contributed by atoms with van der Waals surface area (Å²) in [6.45, 7) is 4.12. The molecule has 2 fully saturated rings. The Morgan fingerprint density at radius 1 is 0.920 bits per heavy atom. The predicted molar refractivity (Wildman–Crippen MR) is 102 cm³/mol. The van der Waals surface area contributed by atoms with Gasteiger partial charge < -0.3 is 0 Å². The van der Waals surface area contributed by atoms with E-state index in [9.17, 15) is 9.36 Å². The van der Waals surface area contributed by atoms with Crippen molar-refractivity contribution in [3.05, 3.63) is 0 Å². The van der Waals surface area contributed by atoms with Gasteiger partial charge in [0, 0.05) is 5.92 Å². The fourth-order valence-corrected chi connectivity index (χ4v) is 6.26.